The molecule has 82 heavy (non-hydrogen) atoms. The molecule has 0 spiro atoms. The number of hydrogen-bond donors (Lipinski definition) is 10. The molecule has 10 N–H and O–H groups in total. The topological polar surface area (TPSA) is 221 Å². The quantitative estimate of drug-likeness (QED) is 0.0328. The highest BCUT2D eigenvalue weighted by molar-refractivity contribution is 6.36. The minimum atomic E-state index is -1.06. The van der Waals surface area contributed by atoms with E-state index in [4.69, 9.17) is 69.6 Å². The molecule has 1 fully saturated rings. The molecule has 7 rings (SSSR count). The smallest absolute Gasteiger partial charge is 0.237 e. The zero-order valence-electron chi connectivity index (χ0n) is 45.7. The third kappa shape index (κ3) is 22.3. The van der Waals surface area contributed by atoms with Crippen LogP contribution in [0.2, 0.25) is 30.1 Å². The maximum absolute atomic E-state index is 12.5. The predicted molar refractivity (Wildman–Crippen MR) is 334 cm³/mol. The van der Waals surface area contributed by atoms with Gasteiger partial charge in [-0.15, -0.1) is 0 Å². The van der Waals surface area contributed by atoms with Gasteiger partial charge in [0.05, 0.1) is 42.5 Å². The molecule has 3 amide bonds. The van der Waals surface area contributed by atoms with Crippen LogP contribution in [0.15, 0.2) is 127 Å². The molecule has 13 nitrogen and oxygen atoms in total. The number of nitrogens with one attached hydrogen (secondary N) is 4. The first kappa shape index (κ1) is 69.7. The van der Waals surface area contributed by atoms with Crippen molar-refractivity contribution in [1.29, 1.82) is 0 Å². The number of benzene rings is 6. The molecule has 19 heteroatoms. The van der Waals surface area contributed by atoms with Gasteiger partial charge in [-0.2, -0.15) is 0 Å². The molecular weight excluding hydrogens is 1170 g/mol. The lowest BCUT2D eigenvalue weighted by Crippen LogP contribution is -2.53. The molecular formula is C63H76Cl6N4O9. The van der Waals surface area contributed by atoms with Crippen LogP contribution < -0.4 is 21.3 Å². The van der Waals surface area contributed by atoms with Crippen LogP contribution in [0.5, 0.6) is 0 Å². The van der Waals surface area contributed by atoms with Crippen LogP contribution in [-0.4, -0.2) is 116 Å². The van der Waals surface area contributed by atoms with Gasteiger partial charge in [-0.1, -0.05) is 164 Å². The van der Waals surface area contributed by atoms with Gasteiger partial charge < -0.3 is 51.9 Å². The normalized spacial score (nSPS) is 16.1. The van der Waals surface area contributed by atoms with Crippen molar-refractivity contribution in [2.24, 2.45) is 0 Å². The second kappa shape index (κ2) is 34.2. The second-order valence-corrected chi connectivity index (χ2v) is 22.8. The van der Waals surface area contributed by atoms with E-state index in [9.17, 15) is 45.0 Å². The van der Waals surface area contributed by atoms with Gasteiger partial charge in [-0.05, 0) is 164 Å². The van der Waals surface area contributed by atoms with Gasteiger partial charge in [0.15, 0.2) is 0 Å². The Bertz CT molecular complexity index is 2770. The molecule has 1 aliphatic rings. The van der Waals surface area contributed by atoms with Crippen molar-refractivity contribution in [3.05, 3.63) is 174 Å². The molecule has 0 radical (unpaired) electrons. The minimum absolute atomic E-state index is 0. The molecule has 6 aromatic rings. The summed E-state index contributed by atoms with van der Waals surface area (Å²) in [6, 6.07) is 37.3. The van der Waals surface area contributed by atoms with Gasteiger partial charge in [0.1, 0.15) is 18.3 Å². The number of halogens is 6. The van der Waals surface area contributed by atoms with Gasteiger partial charge in [0, 0.05) is 43.0 Å². The van der Waals surface area contributed by atoms with E-state index in [-0.39, 0.29) is 31.2 Å². The molecule has 0 saturated carbocycles. The van der Waals surface area contributed by atoms with Crippen molar-refractivity contribution in [2.75, 3.05) is 6.54 Å². The third-order valence-electron chi connectivity index (χ3n) is 13.6. The number of amides is 3. The highest BCUT2D eigenvalue weighted by Gasteiger charge is 2.30. The molecule has 444 valence electrons. The van der Waals surface area contributed by atoms with Crippen molar-refractivity contribution in [3.63, 3.8) is 0 Å². The van der Waals surface area contributed by atoms with Crippen molar-refractivity contribution in [3.8, 4) is 33.4 Å². The van der Waals surface area contributed by atoms with Crippen LogP contribution in [0.1, 0.15) is 84.4 Å². The second-order valence-electron chi connectivity index (χ2n) is 20.2. The highest BCUT2D eigenvalue weighted by Crippen LogP contribution is 2.31. The molecule has 6 aromatic carbocycles. The minimum Gasteiger partial charge on any atom is -0.391 e. The Morgan fingerprint density at radius 1 is 0.451 bits per heavy atom. The van der Waals surface area contributed by atoms with E-state index in [1.807, 2.05) is 109 Å². The Kier molecular flexibility index (Phi) is 29.1. The molecule has 0 aromatic heterocycles. The lowest BCUT2D eigenvalue weighted by atomic mass is 9.96. The van der Waals surface area contributed by atoms with Gasteiger partial charge >= 0.3 is 0 Å². The fraction of sp³-hybridized carbons (Fsp3) is 0.381. The molecule has 9 unspecified atom stereocenters. The van der Waals surface area contributed by atoms with Crippen LogP contribution in [0.25, 0.3) is 33.4 Å². The van der Waals surface area contributed by atoms with Gasteiger partial charge in [0.2, 0.25) is 17.7 Å². The monoisotopic (exact) mass is 1240 g/mol. The van der Waals surface area contributed by atoms with Crippen LogP contribution in [-0.2, 0) is 33.6 Å². The first-order valence-electron chi connectivity index (χ1n) is 26.8. The standard InChI is InChI=1S/C22H26Cl2N2O3.2C20H23Cl2NO3.CH4/c1-13(27)21(28)20(26-22(29)19-3-2-8-25-19)9-14-4-6-15(7-5-14)16-10-17(23)12-18(24)11-16;2*1-3-19(25)23-18(20(26)12(2)24)8-13-4-6-14(7-5-13)15-9-16(21)11-17(22)10-15;/h4-7,10-13,19-21,25,27-28H,2-3,8-9H2,1H3,(H,26,29);2*4-7,9-12,18,20,24,26H,3,8H2,1-2H3,(H,23,25);1H4/t13?,19-,20?,21?;;;/m0.../s1. The maximum Gasteiger partial charge on any atom is 0.237 e. The van der Waals surface area contributed by atoms with E-state index in [0.29, 0.717) is 62.2 Å². The Morgan fingerprint density at radius 3 is 0.951 bits per heavy atom. The highest BCUT2D eigenvalue weighted by atomic mass is 35.5. The van der Waals surface area contributed by atoms with Crippen LogP contribution in [0, 0.1) is 0 Å². The summed E-state index contributed by atoms with van der Waals surface area (Å²) in [5.41, 5.74) is 8.42. The van der Waals surface area contributed by atoms with Gasteiger partial charge in [-0.3, -0.25) is 14.4 Å². The summed E-state index contributed by atoms with van der Waals surface area (Å²) in [6.45, 7) is 8.82. The summed E-state index contributed by atoms with van der Waals surface area (Å²) < 4.78 is 0. The van der Waals surface area contributed by atoms with Crippen molar-refractivity contribution >= 4 is 87.3 Å². The molecule has 1 saturated heterocycles. The van der Waals surface area contributed by atoms with Gasteiger partial charge in [0.25, 0.3) is 0 Å². The van der Waals surface area contributed by atoms with Crippen molar-refractivity contribution < 1.29 is 45.0 Å². The summed E-state index contributed by atoms with van der Waals surface area (Å²) in [4.78, 5) is 35.9. The third-order valence-corrected chi connectivity index (χ3v) is 14.9. The maximum atomic E-state index is 12.5. The average Bonchev–Trinajstić information content (AvgIpc) is 4.06. The van der Waals surface area contributed by atoms with Crippen LogP contribution in [0.3, 0.4) is 0 Å². The first-order chi connectivity index (χ1) is 38.4. The zero-order valence-corrected chi connectivity index (χ0v) is 50.3. The molecule has 0 aliphatic carbocycles. The van der Waals surface area contributed by atoms with E-state index < -0.39 is 54.7 Å². The number of hydrogen-bond acceptors (Lipinski definition) is 10. The van der Waals surface area contributed by atoms with Crippen LogP contribution in [0.4, 0.5) is 0 Å². The lowest BCUT2D eigenvalue weighted by Gasteiger charge is -2.27. The van der Waals surface area contributed by atoms with E-state index in [0.717, 1.165) is 69.5 Å². The SMILES string of the molecule is C.CC(O)C(O)C(Cc1ccc(-c2cc(Cl)cc(Cl)c2)cc1)NC(=O)[C@@H]1CCCN1.CCC(=O)NC(Cc1ccc(-c2cc(Cl)cc(Cl)c2)cc1)C(O)C(C)O.CCC(=O)NC(Cc1ccc(-c2cc(Cl)cc(Cl)c2)cc1)C(O)C(C)O. The summed E-state index contributed by atoms with van der Waals surface area (Å²) in [6.07, 6.45) is -2.39. The number of aliphatic hydroxyl groups is 6. The van der Waals surface area contributed by atoms with E-state index >= 15 is 0 Å². The zero-order chi connectivity index (χ0) is 59.5. The molecule has 1 aliphatic heterocycles. The number of aliphatic hydroxyl groups excluding tert-OH is 6. The summed E-state index contributed by atoms with van der Waals surface area (Å²) in [5, 5.41) is 75.0. The fourth-order valence-electron chi connectivity index (χ4n) is 9.01. The summed E-state index contributed by atoms with van der Waals surface area (Å²) in [5.74, 6) is -0.475. The van der Waals surface area contributed by atoms with Crippen molar-refractivity contribution in [1.82, 2.24) is 21.3 Å². The predicted octanol–water partition coefficient (Wildman–Crippen LogP) is 11.5. The molecule has 10 atom stereocenters. The number of carbonyl (C=O) groups is 3. The molecule has 0 bridgehead atoms. The fourth-order valence-corrected chi connectivity index (χ4v) is 10.6. The number of carbonyl (C=O) groups excluding carboxylic acids is 3. The summed E-state index contributed by atoms with van der Waals surface area (Å²) in [7, 11) is 0. The molecule has 1 heterocycles. The Hall–Kier alpha value is -4.81. The Morgan fingerprint density at radius 2 is 0.720 bits per heavy atom. The Labute approximate surface area is 512 Å². The van der Waals surface area contributed by atoms with E-state index in [2.05, 4.69) is 21.3 Å². The average molecular weight is 1250 g/mol. The largest absolute Gasteiger partial charge is 0.391 e. The Balaban J connectivity index is 0.000000263. The lowest BCUT2D eigenvalue weighted by molar-refractivity contribution is -0.125. The first-order valence-corrected chi connectivity index (χ1v) is 29.1. The van der Waals surface area contributed by atoms with Gasteiger partial charge in [-0.25, -0.2) is 0 Å². The summed E-state index contributed by atoms with van der Waals surface area (Å²) >= 11 is 36.4. The van der Waals surface area contributed by atoms with Crippen LogP contribution >= 0.6 is 69.6 Å². The van der Waals surface area contributed by atoms with Crippen molar-refractivity contribution in [2.45, 2.75) is 148 Å². The van der Waals surface area contributed by atoms with E-state index in [1.54, 1.807) is 32.0 Å². The van der Waals surface area contributed by atoms with E-state index in [1.165, 1.54) is 20.8 Å². The number of rotatable bonds is 21.